The number of aliphatic hydroxyl groups excluding tert-OH is 15. The Morgan fingerprint density at radius 3 is 1.46 bits per heavy atom. The van der Waals surface area contributed by atoms with E-state index in [1.54, 1.807) is 0 Å². The monoisotopic (exact) mass is 950 g/mol. The molecule has 0 amide bonds. The molecule has 0 aromatic carbocycles. The molecule has 20 N–H and O–H groups in total. The molecule has 1 unspecified atom stereocenters. The van der Waals surface area contributed by atoms with Gasteiger partial charge in [0, 0.05) is 6.54 Å². The van der Waals surface area contributed by atoms with Crippen molar-refractivity contribution in [1.82, 2.24) is 0 Å². The lowest BCUT2D eigenvalue weighted by Gasteiger charge is -2.49. The number of hydrogen-bond acceptors (Lipinski definition) is 29. The van der Waals surface area contributed by atoms with E-state index in [9.17, 15) is 86.1 Å². The first kappa shape index (κ1) is 53.0. The summed E-state index contributed by atoms with van der Waals surface area (Å²) >= 11 is 0. The van der Waals surface area contributed by atoms with Gasteiger partial charge < -0.3 is 136 Å². The molecule has 5 rings (SSSR count). The normalized spacial score (nSPS) is 49.7. The topological polar surface area (TPSA) is 494 Å². The Labute approximate surface area is 356 Å². The Hall–Kier alpha value is -0.930. The summed E-state index contributed by atoms with van der Waals surface area (Å²) in [6, 6.07) is -1.54. The molecule has 0 bridgehead atoms. The van der Waals surface area contributed by atoms with Gasteiger partial charge in [-0.2, -0.15) is 0 Å². The van der Waals surface area contributed by atoms with Crippen LogP contribution in [0.4, 0.5) is 0 Å². The molecule has 0 aromatic rings. The fourth-order valence-electron chi connectivity index (χ4n) is 7.29. The molecule has 31 heteroatoms. The van der Waals surface area contributed by atoms with Crippen LogP contribution < -0.4 is 11.5 Å². The van der Waals surface area contributed by atoms with Gasteiger partial charge in [-0.3, -0.25) is 9.05 Å². The number of phosphoric acid groups is 1. The molecular formula is C32H59N2O28P. The molecule has 5 aliphatic heterocycles. The maximum atomic E-state index is 12.4. The minimum absolute atomic E-state index is 0.192. The first-order valence-electron chi connectivity index (χ1n) is 19.6. The van der Waals surface area contributed by atoms with Crippen molar-refractivity contribution in [2.75, 3.05) is 46.2 Å². The standard InChI is InChI=1S/C32H59N2O28P/c33-1-2-53-63(50,51)54-7-12-16(40)21(45)27(62-30-23(47)20(44)15(39)9(4-36)57-30)32(59-12)52-6-11-17(41)26(61-29-22(46)19(43)14(38)8(3-35)56-29)24(48)31(58-11)60-25-10(5-37)55-28(49)13(34)18(25)42/h8-32,35-49H,1-7,33-34H2,(H,50,51)/t8-,9-,10-,11-,12-,13-,14-,15-,16-,17-,18-,19+,20+,21+,22+,23+,24+,25-,26+,27+,28+,29-,30-,31-,32+/m1/s1. The quantitative estimate of drug-likeness (QED) is 0.0567. The summed E-state index contributed by atoms with van der Waals surface area (Å²) in [5.41, 5.74) is 11.1. The van der Waals surface area contributed by atoms with Crippen LogP contribution >= 0.6 is 7.82 Å². The first-order valence-corrected chi connectivity index (χ1v) is 21.1. The highest BCUT2D eigenvalue weighted by atomic mass is 31.2. The van der Waals surface area contributed by atoms with E-state index in [1.807, 2.05) is 0 Å². The van der Waals surface area contributed by atoms with Gasteiger partial charge in [0.25, 0.3) is 0 Å². The lowest BCUT2D eigenvalue weighted by atomic mass is 9.95. The average molecular weight is 951 g/mol. The fourth-order valence-corrected chi connectivity index (χ4v) is 8.04. The molecule has 26 atom stereocenters. The Kier molecular flexibility index (Phi) is 19.3. The van der Waals surface area contributed by atoms with Crippen molar-refractivity contribution in [3.63, 3.8) is 0 Å². The lowest BCUT2D eigenvalue weighted by molar-refractivity contribution is -0.386. The van der Waals surface area contributed by atoms with E-state index in [1.165, 1.54) is 0 Å². The number of nitrogens with two attached hydrogens (primary N) is 2. The van der Waals surface area contributed by atoms with E-state index < -0.39 is 201 Å². The smallest absolute Gasteiger partial charge is 0.394 e. The number of hydrogen-bond donors (Lipinski definition) is 18. The van der Waals surface area contributed by atoms with Crippen LogP contribution in [0.2, 0.25) is 0 Å². The third kappa shape index (κ3) is 12.0. The van der Waals surface area contributed by atoms with Gasteiger partial charge in [-0.1, -0.05) is 0 Å². The van der Waals surface area contributed by atoms with Gasteiger partial charge >= 0.3 is 7.82 Å². The van der Waals surface area contributed by atoms with Crippen LogP contribution in [0.1, 0.15) is 0 Å². The molecule has 370 valence electrons. The molecule has 5 aliphatic rings. The van der Waals surface area contributed by atoms with Crippen molar-refractivity contribution < 1.29 is 138 Å². The molecule has 5 heterocycles. The van der Waals surface area contributed by atoms with E-state index in [0.29, 0.717) is 0 Å². The maximum absolute atomic E-state index is 12.4. The molecular weight excluding hydrogens is 891 g/mol. The molecule has 63 heavy (non-hydrogen) atoms. The fraction of sp³-hybridized carbons (Fsp3) is 1.00. The van der Waals surface area contributed by atoms with Crippen molar-refractivity contribution in [2.24, 2.45) is 11.5 Å². The van der Waals surface area contributed by atoms with Gasteiger partial charge in [-0.05, 0) is 0 Å². The van der Waals surface area contributed by atoms with Gasteiger partial charge in [-0.25, -0.2) is 4.57 Å². The zero-order valence-corrected chi connectivity index (χ0v) is 33.9. The van der Waals surface area contributed by atoms with Crippen LogP contribution in [0, 0.1) is 0 Å². The van der Waals surface area contributed by atoms with E-state index in [0.717, 1.165) is 0 Å². The van der Waals surface area contributed by atoms with E-state index in [-0.39, 0.29) is 6.54 Å². The predicted molar refractivity (Wildman–Crippen MR) is 192 cm³/mol. The Balaban J connectivity index is 1.43. The Morgan fingerprint density at radius 2 is 0.921 bits per heavy atom. The summed E-state index contributed by atoms with van der Waals surface area (Å²) in [6.07, 6.45) is -46.0. The van der Waals surface area contributed by atoms with Crippen LogP contribution in [0.5, 0.6) is 0 Å². The summed E-state index contributed by atoms with van der Waals surface area (Å²) < 4.78 is 72.4. The van der Waals surface area contributed by atoms with Gasteiger partial charge in [0.15, 0.2) is 31.5 Å². The second-order valence-corrected chi connectivity index (χ2v) is 16.7. The Bertz CT molecular complexity index is 1450. The Morgan fingerprint density at radius 1 is 0.460 bits per heavy atom. The maximum Gasteiger partial charge on any atom is 0.472 e. The minimum Gasteiger partial charge on any atom is -0.394 e. The molecule has 0 aliphatic carbocycles. The van der Waals surface area contributed by atoms with E-state index in [2.05, 4.69) is 4.52 Å². The SMILES string of the molecule is NCCOP(=O)(O)OC[C@H]1O[C@H](OC[C@H]2O[C@H](O[C@H]3[C@H](O)[C@@H](N)[C@@H](O)O[C@@H]3CO)[C@@H](O)[C@@H](O[C@H]3O[C@H](CO)[C@@H](O)[C@H](O)[C@@H]3O)[C@@H]2O)[C@@H](O[C@H]2O[C@H](CO)[C@@H](O)[C@H](O)[C@@H]2O)[C@@H](O)[C@@H]1O. The number of aliphatic hydroxyl groups is 15. The average Bonchev–Trinajstić information content (AvgIpc) is 3.26. The van der Waals surface area contributed by atoms with Crippen molar-refractivity contribution in [3.8, 4) is 0 Å². The van der Waals surface area contributed by atoms with E-state index in [4.69, 9.17) is 58.6 Å². The van der Waals surface area contributed by atoms with Crippen molar-refractivity contribution in [2.45, 2.75) is 153 Å². The minimum atomic E-state index is -4.84. The van der Waals surface area contributed by atoms with Crippen molar-refractivity contribution in [1.29, 1.82) is 0 Å². The highest BCUT2D eigenvalue weighted by Crippen LogP contribution is 2.44. The van der Waals surface area contributed by atoms with Crippen LogP contribution in [-0.4, -0.2) is 281 Å². The molecule has 0 aromatic heterocycles. The predicted octanol–water partition coefficient (Wildman–Crippen LogP) is -11.9. The molecule has 0 saturated carbocycles. The third-order valence-corrected chi connectivity index (χ3v) is 12.0. The van der Waals surface area contributed by atoms with Crippen LogP contribution in [0.3, 0.4) is 0 Å². The third-order valence-electron chi connectivity index (χ3n) is 11.0. The van der Waals surface area contributed by atoms with Crippen LogP contribution in [0.15, 0.2) is 0 Å². The van der Waals surface area contributed by atoms with Crippen LogP contribution in [-0.2, 0) is 56.2 Å². The second kappa shape index (κ2) is 22.9. The number of rotatable bonds is 18. The largest absolute Gasteiger partial charge is 0.472 e. The summed E-state index contributed by atoms with van der Waals surface area (Å²) in [7, 11) is -4.84. The molecule has 5 fully saturated rings. The first-order chi connectivity index (χ1) is 29.7. The summed E-state index contributed by atoms with van der Waals surface area (Å²) in [6.45, 7) is -5.29. The summed E-state index contributed by atoms with van der Waals surface area (Å²) in [5.74, 6) is 0. The van der Waals surface area contributed by atoms with Gasteiger partial charge in [0.05, 0.1) is 45.7 Å². The lowest BCUT2D eigenvalue weighted by Crippen LogP contribution is -2.68. The second-order valence-electron chi connectivity index (χ2n) is 15.3. The molecule has 30 nitrogen and oxygen atoms in total. The van der Waals surface area contributed by atoms with E-state index >= 15 is 0 Å². The van der Waals surface area contributed by atoms with Gasteiger partial charge in [-0.15, -0.1) is 0 Å². The highest BCUT2D eigenvalue weighted by molar-refractivity contribution is 7.47. The van der Waals surface area contributed by atoms with Crippen molar-refractivity contribution in [3.05, 3.63) is 0 Å². The van der Waals surface area contributed by atoms with Gasteiger partial charge in [0.1, 0.15) is 116 Å². The molecule has 5 saturated heterocycles. The highest BCUT2D eigenvalue weighted by Gasteiger charge is 2.56. The number of ether oxygens (including phenoxy) is 9. The summed E-state index contributed by atoms with van der Waals surface area (Å²) in [4.78, 5) is 10.0. The van der Waals surface area contributed by atoms with Crippen LogP contribution in [0.25, 0.3) is 0 Å². The summed E-state index contributed by atoms with van der Waals surface area (Å²) in [5, 5.41) is 158. The van der Waals surface area contributed by atoms with Gasteiger partial charge in [0.2, 0.25) is 0 Å². The zero-order chi connectivity index (χ0) is 46.7. The van der Waals surface area contributed by atoms with Crippen molar-refractivity contribution >= 4 is 7.82 Å². The molecule has 0 radical (unpaired) electrons. The zero-order valence-electron chi connectivity index (χ0n) is 33.0. The number of phosphoric ester groups is 1. The molecule has 0 spiro atoms.